The van der Waals surface area contributed by atoms with Gasteiger partial charge >= 0.3 is 0 Å². The van der Waals surface area contributed by atoms with E-state index in [-0.39, 0.29) is 5.54 Å². The van der Waals surface area contributed by atoms with Gasteiger partial charge in [-0.3, -0.25) is 4.98 Å². The summed E-state index contributed by atoms with van der Waals surface area (Å²) in [6.07, 6.45) is 6.66. The van der Waals surface area contributed by atoms with Crippen LogP contribution in [0.3, 0.4) is 0 Å². The molecule has 0 bridgehead atoms. The predicted molar refractivity (Wildman–Crippen MR) is 74.7 cm³/mol. The van der Waals surface area contributed by atoms with Crippen LogP contribution in [0.5, 0.6) is 0 Å². The quantitative estimate of drug-likeness (QED) is 0.831. The molecule has 5 nitrogen and oxygen atoms in total. The number of hydrogen-bond acceptors (Lipinski definition) is 4. The molecule has 0 atom stereocenters. The lowest BCUT2D eigenvalue weighted by molar-refractivity contribution is 0.347. The first-order valence-corrected chi connectivity index (χ1v) is 6.57. The average Bonchev–Trinajstić information content (AvgIpc) is 2.85. The molecule has 0 aliphatic carbocycles. The predicted octanol–water partition coefficient (Wildman–Crippen LogP) is 1.76. The van der Waals surface area contributed by atoms with Crippen molar-refractivity contribution in [3.63, 3.8) is 0 Å². The van der Waals surface area contributed by atoms with E-state index in [2.05, 4.69) is 47.5 Å². The summed E-state index contributed by atoms with van der Waals surface area (Å²) < 4.78 is 1.89. The molecule has 0 fully saturated rings. The summed E-state index contributed by atoms with van der Waals surface area (Å²) in [5.41, 5.74) is 2.20. The molecule has 0 aliphatic heterocycles. The van der Waals surface area contributed by atoms with Gasteiger partial charge in [-0.2, -0.15) is 0 Å². The maximum absolute atomic E-state index is 4.17. The van der Waals surface area contributed by atoms with Crippen LogP contribution in [0.1, 0.15) is 32.0 Å². The maximum Gasteiger partial charge on any atom is 0.0965 e. The van der Waals surface area contributed by atoms with Crippen molar-refractivity contribution < 1.29 is 0 Å². The summed E-state index contributed by atoms with van der Waals surface area (Å²) in [7, 11) is 0. The number of nitrogens with zero attached hydrogens (tertiary/aromatic N) is 4. The van der Waals surface area contributed by atoms with Gasteiger partial charge in [0.15, 0.2) is 0 Å². The Kier molecular flexibility index (Phi) is 4.27. The maximum atomic E-state index is 4.17. The van der Waals surface area contributed by atoms with E-state index in [9.17, 15) is 0 Å². The third kappa shape index (κ3) is 4.13. The molecule has 0 saturated heterocycles. The van der Waals surface area contributed by atoms with Crippen LogP contribution in [0, 0.1) is 0 Å². The van der Waals surface area contributed by atoms with Crippen molar-refractivity contribution in [3.05, 3.63) is 42.0 Å². The highest BCUT2D eigenvalue weighted by molar-refractivity contribution is 5.08. The highest BCUT2D eigenvalue weighted by Crippen LogP contribution is 2.11. The van der Waals surface area contributed by atoms with E-state index in [1.165, 1.54) is 5.56 Å². The Bertz CT molecular complexity index is 498. The van der Waals surface area contributed by atoms with Crippen molar-refractivity contribution in [1.82, 2.24) is 25.3 Å². The van der Waals surface area contributed by atoms with E-state index >= 15 is 0 Å². The van der Waals surface area contributed by atoms with Gasteiger partial charge in [0.1, 0.15) is 0 Å². The van der Waals surface area contributed by atoms with Gasteiger partial charge in [-0.05, 0) is 45.4 Å². The Morgan fingerprint density at radius 2 is 2.16 bits per heavy atom. The molecule has 1 N–H and O–H groups in total. The first kappa shape index (κ1) is 13.7. The Morgan fingerprint density at radius 1 is 1.32 bits per heavy atom. The van der Waals surface area contributed by atoms with Crippen LogP contribution in [0.25, 0.3) is 0 Å². The van der Waals surface area contributed by atoms with Crippen molar-refractivity contribution in [2.45, 2.75) is 39.3 Å². The number of hydrogen-bond donors (Lipinski definition) is 1. The standard InChI is InChI=1S/C14H21N5/c1-14(2,3)19-11-13(17-18-19)10-16-8-6-12-5-4-7-15-9-12/h4-5,7,9,11,16H,6,8,10H2,1-3H3. The van der Waals surface area contributed by atoms with E-state index in [4.69, 9.17) is 0 Å². The Balaban J connectivity index is 1.76. The molecule has 2 aromatic heterocycles. The van der Waals surface area contributed by atoms with Gasteiger partial charge in [-0.15, -0.1) is 5.10 Å². The SMILES string of the molecule is CC(C)(C)n1cc(CNCCc2cccnc2)nn1. The fourth-order valence-corrected chi connectivity index (χ4v) is 1.70. The molecule has 0 aliphatic rings. The van der Waals surface area contributed by atoms with Crippen molar-refractivity contribution in [2.24, 2.45) is 0 Å². The lowest BCUT2D eigenvalue weighted by Gasteiger charge is -2.17. The molecular formula is C14H21N5. The van der Waals surface area contributed by atoms with E-state index in [1.807, 2.05) is 23.1 Å². The highest BCUT2D eigenvalue weighted by Gasteiger charge is 2.14. The minimum absolute atomic E-state index is 0.0129. The zero-order valence-corrected chi connectivity index (χ0v) is 11.8. The van der Waals surface area contributed by atoms with Crippen LogP contribution in [0.15, 0.2) is 30.7 Å². The number of rotatable bonds is 5. The lowest BCUT2D eigenvalue weighted by Crippen LogP contribution is -2.22. The average molecular weight is 259 g/mol. The molecule has 0 unspecified atom stereocenters. The number of pyridine rings is 1. The summed E-state index contributed by atoms with van der Waals surface area (Å²) in [6, 6.07) is 4.05. The first-order chi connectivity index (χ1) is 9.05. The number of nitrogens with one attached hydrogen (secondary N) is 1. The van der Waals surface area contributed by atoms with Gasteiger partial charge in [-0.25, -0.2) is 4.68 Å². The van der Waals surface area contributed by atoms with Crippen LogP contribution in [-0.2, 0) is 18.5 Å². The summed E-state index contributed by atoms with van der Waals surface area (Å²) in [4.78, 5) is 4.10. The molecule has 2 aromatic rings. The van der Waals surface area contributed by atoms with Crippen molar-refractivity contribution in [3.8, 4) is 0 Å². The minimum atomic E-state index is -0.0129. The largest absolute Gasteiger partial charge is 0.311 e. The van der Waals surface area contributed by atoms with E-state index in [1.54, 1.807) is 6.20 Å². The van der Waals surface area contributed by atoms with Gasteiger partial charge in [0, 0.05) is 18.9 Å². The van der Waals surface area contributed by atoms with E-state index < -0.39 is 0 Å². The Hall–Kier alpha value is -1.75. The Labute approximate surface area is 114 Å². The van der Waals surface area contributed by atoms with Crippen LogP contribution in [0.4, 0.5) is 0 Å². The minimum Gasteiger partial charge on any atom is -0.311 e. The molecule has 102 valence electrons. The molecule has 0 saturated carbocycles. The number of aromatic nitrogens is 4. The van der Waals surface area contributed by atoms with Crippen LogP contribution < -0.4 is 5.32 Å². The Morgan fingerprint density at radius 3 is 2.79 bits per heavy atom. The van der Waals surface area contributed by atoms with Crippen LogP contribution in [-0.4, -0.2) is 26.5 Å². The lowest BCUT2D eigenvalue weighted by atomic mass is 10.1. The van der Waals surface area contributed by atoms with E-state index in [0.29, 0.717) is 0 Å². The van der Waals surface area contributed by atoms with Gasteiger partial charge in [0.25, 0.3) is 0 Å². The molecule has 0 radical (unpaired) electrons. The summed E-state index contributed by atoms with van der Waals surface area (Å²) in [5, 5.41) is 11.7. The second-order valence-corrected chi connectivity index (χ2v) is 5.61. The fraction of sp³-hybridized carbons (Fsp3) is 0.500. The smallest absolute Gasteiger partial charge is 0.0965 e. The normalized spacial score (nSPS) is 11.7. The second kappa shape index (κ2) is 5.93. The van der Waals surface area contributed by atoms with Crippen molar-refractivity contribution in [1.29, 1.82) is 0 Å². The van der Waals surface area contributed by atoms with Gasteiger partial charge in [0.2, 0.25) is 0 Å². The van der Waals surface area contributed by atoms with Gasteiger partial charge in [0.05, 0.1) is 17.4 Å². The fourth-order valence-electron chi connectivity index (χ4n) is 1.70. The van der Waals surface area contributed by atoms with Gasteiger partial charge in [-0.1, -0.05) is 11.3 Å². The molecule has 5 heteroatoms. The first-order valence-electron chi connectivity index (χ1n) is 6.57. The topological polar surface area (TPSA) is 55.6 Å². The van der Waals surface area contributed by atoms with Crippen molar-refractivity contribution >= 4 is 0 Å². The van der Waals surface area contributed by atoms with Gasteiger partial charge < -0.3 is 5.32 Å². The molecular weight excluding hydrogens is 238 g/mol. The molecule has 0 aromatic carbocycles. The van der Waals surface area contributed by atoms with Crippen molar-refractivity contribution in [2.75, 3.05) is 6.54 Å². The molecule has 19 heavy (non-hydrogen) atoms. The molecule has 0 amide bonds. The van der Waals surface area contributed by atoms with Crippen LogP contribution in [0.2, 0.25) is 0 Å². The molecule has 0 spiro atoms. The molecule has 2 rings (SSSR count). The third-order valence-electron chi connectivity index (χ3n) is 2.85. The summed E-state index contributed by atoms with van der Waals surface area (Å²) in [5.74, 6) is 0. The second-order valence-electron chi connectivity index (χ2n) is 5.61. The van der Waals surface area contributed by atoms with E-state index in [0.717, 1.165) is 25.2 Å². The summed E-state index contributed by atoms with van der Waals surface area (Å²) >= 11 is 0. The monoisotopic (exact) mass is 259 g/mol. The zero-order valence-electron chi connectivity index (χ0n) is 11.8. The molecule has 2 heterocycles. The summed E-state index contributed by atoms with van der Waals surface area (Å²) in [6.45, 7) is 7.99. The zero-order chi connectivity index (χ0) is 13.7. The third-order valence-corrected chi connectivity index (χ3v) is 2.85. The van der Waals surface area contributed by atoms with Crippen LogP contribution >= 0.6 is 0 Å². The highest BCUT2D eigenvalue weighted by atomic mass is 15.4.